The molecular weight excluding hydrogens is 188 g/mol. The fourth-order valence-corrected chi connectivity index (χ4v) is 0.893. The summed E-state index contributed by atoms with van der Waals surface area (Å²) in [4.78, 5) is 11.3. The lowest BCUT2D eigenvalue weighted by atomic mass is 9.99. The van der Waals surface area contributed by atoms with Gasteiger partial charge in [0, 0.05) is 6.04 Å². The molecule has 3 nitrogen and oxygen atoms in total. The Morgan fingerprint density at radius 3 is 2.15 bits per heavy atom. The van der Waals surface area contributed by atoms with Gasteiger partial charge < -0.3 is 11.1 Å². The number of halogens is 1. The smallest absolute Gasteiger partial charge is 0.237 e. The Labute approximate surface area is 86.9 Å². The van der Waals surface area contributed by atoms with E-state index in [0.29, 0.717) is 0 Å². The van der Waals surface area contributed by atoms with Crippen LogP contribution in [-0.4, -0.2) is 18.0 Å². The summed E-state index contributed by atoms with van der Waals surface area (Å²) in [5.41, 5.74) is 5.71. The normalized spacial score (nSPS) is 14.6. The number of hydrogen-bond acceptors (Lipinski definition) is 2. The van der Waals surface area contributed by atoms with Crippen LogP contribution in [0.4, 0.5) is 0 Å². The molecule has 0 bridgehead atoms. The highest BCUT2D eigenvalue weighted by atomic mass is 35.5. The highest BCUT2D eigenvalue weighted by molar-refractivity contribution is 5.85. The molecular formula is C9H21ClN2O. The van der Waals surface area contributed by atoms with Gasteiger partial charge in [0.15, 0.2) is 0 Å². The van der Waals surface area contributed by atoms with Gasteiger partial charge in [0.05, 0.1) is 6.04 Å². The topological polar surface area (TPSA) is 55.1 Å². The maximum Gasteiger partial charge on any atom is 0.237 e. The molecule has 3 N–H and O–H groups in total. The maximum atomic E-state index is 11.3. The fraction of sp³-hybridized carbons (Fsp3) is 0.889. The quantitative estimate of drug-likeness (QED) is 0.732. The Bertz CT molecular complexity index is 151. The largest absolute Gasteiger partial charge is 0.353 e. The number of nitrogens with two attached hydrogens (primary N) is 1. The molecule has 0 aliphatic rings. The van der Waals surface area contributed by atoms with Gasteiger partial charge in [0.1, 0.15) is 0 Å². The first-order valence-corrected chi connectivity index (χ1v) is 4.55. The van der Waals surface area contributed by atoms with Crippen molar-refractivity contribution >= 4 is 18.3 Å². The lowest BCUT2D eigenvalue weighted by Gasteiger charge is -2.19. The molecule has 2 atom stereocenters. The monoisotopic (exact) mass is 208 g/mol. The highest BCUT2D eigenvalue weighted by Crippen LogP contribution is 2.05. The summed E-state index contributed by atoms with van der Waals surface area (Å²) < 4.78 is 0. The molecule has 2 unspecified atom stereocenters. The Balaban J connectivity index is 0. The summed E-state index contributed by atoms with van der Waals surface area (Å²) in [5, 5.41) is 2.79. The zero-order valence-corrected chi connectivity index (χ0v) is 9.65. The van der Waals surface area contributed by atoms with Crippen molar-refractivity contribution in [3.05, 3.63) is 0 Å². The summed E-state index contributed by atoms with van der Waals surface area (Å²) in [6.07, 6.45) is 0.937. The second kappa shape index (κ2) is 7.15. The predicted octanol–water partition coefficient (Wildman–Crippen LogP) is 1.31. The first-order chi connectivity index (χ1) is 5.49. The van der Waals surface area contributed by atoms with Crippen LogP contribution in [0, 0.1) is 5.92 Å². The second-order valence-corrected chi connectivity index (χ2v) is 3.57. The van der Waals surface area contributed by atoms with Crippen LogP contribution in [0.25, 0.3) is 0 Å². The molecule has 0 aliphatic carbocycles. The van der Waals surface area contributed by atoms with Crippen LogP contribution < -0.4 is 11.1 Å². The third kappa shape index (κ3) is 5.88. The molecule has 0 spiro atoms. The van der Waals surface area contributed by atoms with E-state index in [2.05, 4.69) is 5.32 Å². The van der Waals surface area contributed by atoms with Gasteiger partial charge in [-0.1, -0.05) is 20.3 Å². The number of nitrogens with one attached hydrogen (secondary N) is 1. The first-order valence-electron chi connectivity index (χ1n) is 4.55. The van der Waals surface area contributed by atoms with Crippen molar-refractivity contribution in [2.24, 2.45) is 11.7 Å². The third-order valence-electron chi connectivity index (χ3n) is 1.99. The van der Waals surface area contributed by atoms with E-state index in [1.807, 2.05) is 27.7 Å². The van der Waals surface area contributed by atoms with Crippen LogP contribution in [0.2, 0.25) is 0 Å². The van der Waals surface area contributed by atoms with Gasteiger partial charge in [0.25, 0.3) is 0 Å². The van der Waals surface area contributed by atoms with Crippen LogP contribution in [0.5, 0.6) is 0 Å². The SMILES string of the molecule is CCC(C)C(N)C(=O)NC(C)C.Cl. The van der Waals surface area contributed by atoms with E-state index in [1.165, 1.54) is 0 Å². The Morgan fingerprint density at radius 2 is 1.85 bits per heavy atom. The van der Waals surface area contributed by atoms with Crippen LogP contribution in [0.3, 0.4) is 0 Å². The molecule has 0 aromatic rings. The number of carbonyl (C=O) groups is 1. The molecule has 1 amide bonds. The molecule has 0 radical (unpaired) electrons. The van der Waals surface area contributed by atoms with E-state index >= 15 is 0 Å². The number of rotatable bonds is 4. The average Bonchev–Trinajstić information content (AvgIpc) is 2.00. The molecule has 80 valence electrons. The predicted molar refractivity (Wildman–Crippen MR) is 58.0 cm³/mol. The molecule has 0 aromatic heterocycles. The molecule has 0 rings (SSSR count). The molecule has 0 fully saturated rings. The van der Waals surface area contributed by atoms with Crippen molar-refractivity contribution in [2.75, 3.05) is 0 Å². The van der Waals surface area contributed by atoms with Crippen molar-refractivity contribution in [1.29, 1.82) is 0 Å². The van der Waals surface area contributed by atoms with Gasteiger partial charge in [-0.2, -0.15) is 0 Å². The van der Waals surface area contributed by atoms with E-state index in [4.69, 9.17) is 5.73 Å². The van der Waals surface area contributed by atoms with Crippen molar-refractivity contribution in [2.45, 2.75) is 46.2 Å². The van der Waals surface area contributed by atoms with Crippen molar-refractivity contribution in [1.82, 2.24) is 5.32 Å². The van der Waals surface area contributed by atoms with Crippen molar-refractivity contribution in [3.8, 4) is 0 Å². The van der Waals surface area contributed by atoms with Gasteiger partial charge >= 0.3 is 0 Å². The number of carbonyl (C=O) groups excluding carboxylic acids is 1. The zero-order valence-electron chi connectivity index (χ0n) is 8.83. The third-order valence-corrected chi connectivity index (χ3v) is 1.99. The molecule has 0 heterocycles. The Morgan fingerprint density at radius 1 is 1.38 bits per heavy atom. The van der Waals surface area contributed by atoms with Crippen molar-refractivity contribution < 1.29 is 4.79 Å². The van der Waals surface area contributed by atoms with E-state index in [0.717, 1.165) is 6.42 Å². The van der Waals surface area contributed by atoms with Gasteiger partial charge in [0.2, 0.25) is 5.91 Å². The second-order valence-electron chi connectivity index (χ2n) is 3.57. The minimum Gasteiger partial charge on any atom is -0.353 e. The summed E-state index contributed by atoms with van der Waals surface area (Å²) in [6.45, 7) is 7.89. The van der Waals surface area contributed by atoms with Gasteiger partial charge in [-0.05, 0) is 19.8 Å². The first kappa shape index (κ1) is 15.2. The van der Waals surface area contributed by atoms with Crippen LogP contribution in [0.1, 0.15) is 34.1 Å². The van der Waals surface area contributed by atoms with Crippen LogP contribution in [-0.2, 0) is 4.79 Å². The molecule has 0 saturated heterocycles. The van der Waals surface area contributed by atoms with E-state index in [1.54, 1.807) is 0 Å². The minimum absolute atomic E-state index is 0. The standard InChI is InChI=1S/C9H20N2O.ClH/c1-5-7(4)8(10)9(12)11-6(2)3;/h6-8H,5,10H2,1-4H3,(H,11,12);1H. The molecule has 0 aliphatic heterocycles. The van der Waals surface area contributed by atoms with Crippen LogP contribution >= 0.6 is 12.4 Å². The van der Waals surface area contributed by atoms with Gasteiger partial charge in [-0.15, -0.1) is 12.4 Å². The lowest BCUT2D eigenvalue weighted by molar-refractivity contribution is -0.123. The van der Waals surface area contributed by atoms with Gasteiger partial charge in [-0.3, -0.25) is 4.79 Å². The molecule has 0 saturated carbocycles. The van der Waals surface area contributed by atoms with E-state index in [9.17, 15) is 4.79 Å². The zero-order chi connectivity index (χ0) is 9.72. The summed E-state index contributed by atoms with van der Waals surface area (Å²) in [5.74, 6) is 0.211. The average molecular weight is 209 g/mol. The summed E-state index contributed by atoms with van der Waals surface area (Å²) >= 11 is 0. The van der Waals surface area contributed by atoms with Crippen molar-refractivity contribution in [3.63, 3.8) is 0 Å². The Hall–Kier alpha value is -0.280. The fourth-order valence-electron chi connectivity index (χ4n) is 0.893. The lowest BCUT2D eigenvalue weighted by Crippen LogP contribution is -2.46. The van der Waals surface area contributed by atoms with E-state index in [-0.39, 0.29) is 36.3 Å². The number of amides is 1. The van der Waals surface area contributed by atoms with Crippen LogP contribution in [0.15, 0.2) is 0 Å². The number of hydrogen-bond donors (Lipinski definition) is 2. The highest BCUT2D eigenvalue weighted by Gasteiger charge is 2.19. The maximum absolute atomic E-state index is 11.3. The summed E-state index contributed by atoms with van der Waals surface area (Å²) in [6, 6.07) is -0.190. The summed E-state index contributed by atoms with van der Waals surface area (Å²) in [7, 11) is 0. The Kier molecular flexibility index (Phi) is 8.37. The molecule has 4 heteroatoms. The van der Waals surface area contributed by atoms with E-state index < -0.39 is 0 Å². The molecule has 13 heavy (non-hydrogen) atoms. The van der Waals surface area contributed by atoms with Gasteiger partial charge in [-0.25, -0.2) is 0 Å². The molecule has 0 aromatic carbocycles. The minimum atomic E-state index is -0.364.